The van der Waals surface area contributed by atoms with Gasteiger partial charge in [0.05, 0.1) is 44.8 Å². The largest absolute Gasteiger partial charge is 0.387 e. The Labute approximate surface area is 388 Å². The molecule has 3 fully saturated rings. The lowest BCUT2D eigenvalue weighted by Gasteiger charge is -2.55. The van der Waals surface area contributed by atoms with Gasteiger partial charge in [-0.3, -0.25) is 28.7 Å². The van der Waals surface area contributed by atoms with Crippen LogP contribution in [0.15, 0.2) is 42.6 Å². The van der Waals surface area contributed by atoms with Crippen LogP contribution in [0.25, 0.3) is 22.2 Å². The number of H-pyrrole nitrogens is 1. The van der Waals surface area contributed by atoms with E-state index in [0.29, 0.717) is 104 Å². The molecule has 1 aromatic carbocycles. The SMILES string of the molecule is CN(C)C/C=C/C(=O)N1C2CC1CN(C(=O)c1ccc(CCC(=O)NCCCCCCCCC(=O)NCCn3ccc(-c4cc(Cl)c(Cl)c5[nH]c6c(c45)CN(C(=O)CO)CC6)n3)s1)C2. The number of benzene rings is 1. The third-order valence-corrected chi connectivity index (χ3v) is 14.2. The highest BCUT2D eigenvalue weighted by Crippen LogP contribution is 2.42. The van der Waals surface area contributed by atoms with Crippen LogP contribution in [0.4, 0.5) is 0 Å². The molecular formula is C46H59Cl2N9O6S. The maximum absolute atomic E-state index is 13.3. The van der Waals surface area contributed by atoms with Crippen LogP contribution in [0.5, 0.6) is 0 Å². The highest BCUT2D eigenvalue weighted by molar-refractivity contribution is 7.14. The number of piperazine rings is 1. The van der Waals surface area contributed by atoms with Gasteiger partial charge in [0, 0.05) is 104 Å². The predicted molar refractivity (Wildman–Crippen MR) is 249 cm³/mol. The number of aliphatic hydroxyl groups excluding tert-OH is 1. The summed E-state index contributed by atoms with van der Waals surface area (Å²) in [4.78, 5) is 75.8. The number of aromatic amines is 1. The van der Waals surface area contributed by atoms with E-state index in [4.69, 9.17) is 28.3 Å². The molecule has 2 atom stereocenters. The van der Waals surface area contributed by atoms with Crippen molar-refractivity contribution in [1.29, 1.82) is 0 Å². The molecule has 8 rings (SSSR count). The van der Waals surface area contributed by atoms with Gasteiger partial charge in [0.25, 0.3) is 5.91 Å². The summed E-state index contributed by atoms with van der Waals surface area (Å²) in [6, 6.07) is 7.62. The maximum atomic E-state index is 13.3. The molecule has 0 aliphatic carbocycles. The first-order chi connectivity index (χ1) is 30.9. The molecule has 4 aliphatic heterocycles. The number of nitrogens with zero attached hydrogens (tertiary/aromatic N) is 6. The molecule has 5 amide bonds. The lowest BCUT2D eigenvalue weighted by atomic mass is 9.87. The van der Waals surface area contributed by atoms with Crippen molar-refractivity contribution in [2.75, 3.05) is 60.0 Å². The molecule has 2 bridgehead atoms. The number of likely N-dealkylation sites (N-methyl/N-ethyl adjacent to an activating group) is 1. The van der Waals surface area contributed by atoms with E-state index in [1.54, 1.807) is 21.7 Å². The third-order valence-electron chi connectivity index (χ3n) is 12.3. The van der Waals surface area contributed by atoms with E-state index in [9.17, 15) is 29.1 Å². The molecular weight excluding hydrogens is 878 g/mol. The number of hydrogen-bond acceptors (Lipinski definition) is 9. The Hall–Kier alpha value is -4.74. The molecule has 4 N–H and O–H groups in total. The average molecular weight is 937 g/mol. The van der Waals surface area contributed by atoms with Crippen molar-refractivity contribution in [3.8, 4) is 11.3 Å². The first kappa shape index (κ1) is 47.2. The second-order valence-corrected chi connectivity index (χ2v) is 19.2. The van der Waals surface area contributed by atoms with Crippen LogP contribution in [-0.2, 0) is 45.1 Å². The molecule has 64 heavy (non-hydrogen) atoms. The summed E-state index contributed by atoms with van der Waals surface area (Å²) in [7, 11) is 3.92. The number of aliphatic hydroxyl groups is 1. The summed E-state index contributed by atoms with van der Waals surface area (Å²) in [5.41, 5.74) is 4.11. The maximum Gasteiger partial charge on any atom is 0.264 e. The zero-order valence-electron chi connectivity index (χ0n) is 36.7. The Bertz CT molecular complexity index is 2350. The first-order valence-corrected chi connectivity index (χ1v) is 24.0. The molecule has 4 aliphatic rings. The van der Waals surface area contributed by atoms with Gasteiger partial charge in [-0.15, -0.1) is 11.3 Å². The zero-order chi connectivity index (χ0) is 45.3. The average Bonchev–Trinajstić information content (AvgIpc) is 4.05. The monoisotopic (exact) mass is 935 g/mol. The lowest BCUT2D eigenvalue weighted by Crippen LogP contribution is -2.70. The van der Waals surface area contributed by atoms with Gasteiger partial charge >= 0.3 is 0 Å². The summed E-state index contributed by atoms with van der Waals surface area (Å²) < 4.78 is 1.78. The number of unbranched alkanes of at least 4 members (excludes halogenated alkanes) is 5. The van der Waals surface area contributed by atoms with Crippen molar-refractivity contribution >= 4 is 75.0 Å². The number of hydrogen-bond donors (Lipinski definition) is 4. The van der Waals surface area contributed by atoms with Crippen LogP contribution in [-0.4, -0.2) is 141 Å². The van der Waals surface area contributed by atoms with E-state index in [1.807, 2.05) is 59.3 Å². The number of halogens is 2. The molecule has 3 aromatic heterocycles. The molecule has 3 saturated heterocycles. The zero-order valence-corrected chi connectivity index (χ0v) is 39.0. The van der Waals surface area contributed by atoms with Gasteiger partial charge in [0.2, 0.25) is 23.6 Å². The van der Waals surface area contributed by atoms with E-state index >= 15 is 0 Å². The number of amides is 5. The van der Waals surface area contributed by atoms with Gasteiger partial charge in [-0.05, 0) is 64.0 Å². The number of thiophene rings is 1. The normalized spacial score (nSPS) is 17.0. The van der Waals surface area contributed by atoms with E-state index in [1.165, 1.54) is 11.3 Å². The van der Waals surface area contributed by atoms with Crippen LogP contribution in [0, 0.1) is 0 Å². The van der Waals surface area contributed by atoms with Crippen molar-refractivity contribution in [3.05, 3.63) is 73.7 Å². The van der Waals surface area contributed by atoms with E-state index in [-0.39, 0.29) is 41.6 Å². The Morgan fingerprint density at radius 1 is 0.953 bits per heavy atom. The fraction of sp³-hybridized carbons (Fsp3) is 0.522. The second-order valence-electron chi connectivity index (χ2n) is 17.2. The van der Waals surface area contributed by atoms with Crippen molar-refractivity contribution in [1.82, 2.24) is 45.0 Å². The van der Waals surface area contributed by atoms with Crippen molar-refractivity contribution in [2.45, 2.75) is 95.8 Å². The fourth-order valence-electron chi connectivity index (χ4n) is 8.92. The minimum atomic E-state index is -0.542. The minimum Gasteiger partial charge on any atom is -0.387 e. The summed E-state index contributed by atoms with van der Waals surface area (Å²) in [5, 5.41) is 21.9. The smallest absolute Gasteiger partial charge is 0.264 e. The number of aromatic nitrogens is 3. The van der Waals surface area contributed by atoms with Crippen molar-refractivity contribution < 1.29 is 29.1 Å². The van der Waals surface area contributed by atoms with Gasteiger partial charge in [0.1, 0.15) is 6.61 Å². The Morgan fingerprint density at radius 3 is 2.45 bits per heavy atom. The van der Waals surface area contributed by atoms with E-state index in [0.717, 1.165) is 72.0 Å². The van der Waals surface area contributed by atoms with E-state index < -0.39 is 6.61 Å². The van der Waals surface area contributed by atoms with Gasteiger partial charge in [-0.25, -0.2) is 0 Å². The molecule has 15 nitrogen and oxygen atoms in total. The molecule has 0 spiro atoms. The van der Waals surface area contributed by atoms with Gasteiger partial charge in [0.15, 0.2) is 0 Å². The summed E-state index contributed by atoms with van der Waals surface area (Å²) in [6.07, 6.45) is 14.1. The first-order valence-electron chi connectivity index (χ1n) is 22.4. The van der Waals surface area contributed by atoms with Crippen molar-refractivity contribution in [3.63, 3.8) is 0 Å². The van der Waals surface area contributed by atoms with Crippen LogP contribution in [0.1, 0.15) is 83.6 Å². The molecule has 344 valence electrons. The number of rotatable bonds is 21. The number of carbonyl (C=O) groups excluding carboxylic acids is 5. The standard InChI is InChI=1S/C46H59Cl2N9O6S/c1-53(2)20-9-11-41(61)57-30-24-31(57)27-55(26-30)46(63)38-14-12-32(64-38)13-15-40(60)49-18-8-6-4-3-5-7-10-39(59)50-19-23-56-22-17-37(52-56)33-25-35(47)44(48)45-43(33)34-28-54(42(62)29-58)21-16-36(34)51-45/h9,11-12,14,17,22,25,30-31,51,58H,3-8,10,13,15-16,18-21,23-24,26-29H2,1-2H3,(H,49,60)(H,50,59)/b11-9+. The molecule has 0 radical (unpaired) electrons. The summed E-state index contributed by atoms with van der Waals surface area (Å²) in [5.74, 6) is -0.278. The molecule has 7 heterocycles. The number of nitrogens with one attached hydrogen (secondary N) is 3. The molecule has 2 unspecified atom stereocenters. The highest BCUT2D eigenvalue weighted by Gasteiger charge is 2.47. The van der Waals surface area contributed by atoms with Gasteiger partial charge in [-0.2, -0.15) is 5.10 Å². The quantitative estimate of drug-likeness (QED) is 0.0634. The molecule has 0 saturated carbocycles. The van der Waals surface area contributed by atoms with Crippen LogP contribution in [0.2, 0.25) is 10.0 Å². The Kier molecular flexibility index (Phi) is 16.2. The predicted octanol–water partition coefficient (Wildman–Crippen LogP) is 5.42. The Balaban J connectivity index is 0.724. The van der Waals surface area contributed by atoms with Gasteiger partial charge in [-0.1, -0.05) is 55.0 Å². The minimum absolute atomic E-state index is 0.00127. The molecule has 4 aromatic rings. The van der Waals surface area contributed by atoms with Crippen molar-refractivity contribution in [2.24, 2.45) is 0 Å². The Morgan fingerprint density at radius 2 is 1.69 bits per heavy atom. The number of carbonyl (C=O) groups is 5. The second kappa shape index (κ2) is 22.0. The lowest BCUT2D eigenvalue weighted by molar-refractivity contribution is -0.146. The van der Waals surface area contributed by atoms with E-state index in [2.05, 4.69) is 15.6 Å². The summed E-state index contributed by atoms with van der Waals surface area (Å²) in [6.45, 7) is 3.69. The molecule has 18 heteroatoms. The number of piperidine rings is 1. The van der Waals surface area contributed by atoms with Crippen LogP contribution >= 0.6 is 34.5 Å². The fourth-order valence-corrected chi connectivity index (χ4v) is 10.3. The topological polar surface area (TPSA) is 176 Å². The van der Waals surface area contributed by atoms with Crippen LogP contribution in [0.3, 0.4) is 0 Å². The third kappa shape index (κ3) is 11.6. The van der Waals surface area contributed by atoms with Gasteiger partial charge < -0.3 is 40.3 Å². The number of aryl methyl sites for hydroxylation is 1. The summed E-state index contributed by atoms with van der Waals surface area (Å²) >= 11 is 14.6. The number of fused-ring (bicyclic) bond motifs is 5. The van der Waals surface area contributed by atoms with Crippen LogP contribution < -0.4 is 10.6 Å². The highest BCUT2D eigenvalue weighted by atomic mass is 35.5.